The summed E-state index contributed by atoms with van der Waals surface area (Å²) in [7, 11) is 0. The molecule has 0 saturated carbocycles. The van der Waals surface area contributed by atoms with Crippen LogP contribution in [0.5, 0.6) is 0 Å². The number of carboxylic acid groups (broad SMARTS) is 1. The summed E-state index contributed by atoms with van der Waals surface area (Å²) in [6, 6.07) is 0. The Balaban J connectivity index is 3.15. The molecule has 0 spiro atoms. The molecule has 2 nitrogen and oxygen atoms in total. The zero-order valence-corrected chi connectivity index (χ0v) is 12.4. The predicted molar refractivity (Wildman–Crippen MR) is 77.8 cm³/mol. The molecule has 0 aromatic heterocycles. The van der Waals surface area contributed by atoms with E-state index in [9.17, 15) is 4.79 Å². The Morgan fingerprint density at radius 3 is 1.94 bits per heavy atom. The minimum Gasteiger partial charge on any atom is -0.478 e. The summed E-state index contributed by atoms with van der Waals surface area (Å²) in [4.78, 5) is 10.2. The van der Waals surface area contributed by atoms with Crippen molar-refractivity contribution in [3.63, 3.8) is 0 Å². The largest absolute Gasteiger partial charge is 0.478 e. The first-order valence-electron chi connectivity index (χ1n) is 7.31. The van der Waals surface area contributed by atoms with Gasteiger partial charge in [-0.3, -0.25) is 0 Å². The Labute approximate surface area is 112 Å². The van der Waals surface area contributed by atoms with Crippen LogP contribution in [-0.2, 0) is 4.79 Å². The van der Waals surface area contributed by atoms with E-state index in [2.05, 4.69) is 20.8 Å². The lowest BCUT2D eigenvalue weighted by Crippen LogP contribution is -2.03. The van der Waals surface area contributed by atoms with E-state index in [0.717, 1.165) is 12.8 Å². The second-order valence-corrected chi connectivity index (χ2v) is 6.31. The zero-order chi connectivity index (χ0) is 13.9. The Bertz CT molecular complexity index is 236. The maximum Gasteiger partial charge on any atom is 0.327 e. The van der Waals surface area contributed by atoms with E-state index in [1.54, 1.807) is 6.08 Å². The minimum atomic E-state index is -0.839. The van der Waals surface area contributed by atoms with Crippen molar-refractivity contribution in [2.24, 2.45) is 5.41 Å². The summed E-state index contributed by atoms with van der Waals surface area (Å²) >= 11 is 0. The highest BCUT2D eigenvalue weighted by Crippen LogP contribution is 2.22. The lowest BCUT2D eigenvalue weighted by Gasteiger charge is -2.17. The molecule has 0 fully saturated rings. The number of unbranched alkanes of at least 4 members (excludes halogenated alkanes) is 7. The fourth-order valence-electron chi connectivity index (χ4n) is 1.99. The van der Waals surface area contributed by atoms with Crippen LogP contribution in [0.25, 0.3) is 0 Å². The van der Waals surface area contributed by atoms with Gasteiger partial charge in [0.25, 0.3) is 0 Å². The van der Waals surface area contributed by atoms with Gasteiger partial charge in [0, 0.05) is 6.08 Å². The van der Waals surface area contributed by atoms with E-state index >= 15 is 0 Å². The number of allylic oxidation sites excluding steroid dienone is 1. The van der Waals surface area contributed by atoms with Crippen LogP contribution in [0.2, 0.25) is 0 Å². The Kier molecular flexibility index (Phi) is 9.72. The Morgan fingerprint density at radius 2 is 1.44 bits per heavy atom. The number of carbonyl (C=O) groups is 1. The third kappa shape index (κ3) is 15.2. The van der Waals surface area contributed by atoms with Crippen molar-refractivity contribution in [3.8, 4) is 0 Å². The van der Waals surface area contributed by atoms with Crippen molar-refractivity contribution in [1.82, 2.24) is 0 Å². The molecule has 0 saturated heterocycles. The second kappa shape index (κ2) is 10.2. The van der Waals surface area contributed by atoms with Gasteiger partial charge in [-0.15, -0.1) is 0 Å². The Morgan fingerprint density at radius 1 is 0.944 bits per heavy atom. The molecule has 0 aromatic rings. The normalized spacial score (nSPS) is 12.2. The van der Waals surface area contributed by atoms with Crippen LogP contribution in [0.3, 0.4) is 0 Å². The molecule has 0 bridgehead atoms. The third-order valence-corrected chi connectivity index (χ3v) is 3.06. The van der Waals surface area contributed by atoms with E-state index in [1.165, 1.54) is 51.0 Å². The number of hydrogen-bond donors (Lipinski definition) is 1. The Hall–Kier alpha value is -0.790. The van der Waals surface area contributed by atoms with E-state index < -0.39 is 5.97 Å². The van der Waals surface area contributed by atoms with Gasteiger partial charge in [0.1, 0.15) is 0 Å². The first kappa shape index (κ1) is 17.2. The smallest absolute Gasteiger partial charge is 0.327 e. The number of hydrogen-bond acceptors (Lipinski definition) is 1. The number of aliphatic carboxylic acids is 1. The summed E-state index contributed by atoms with van der Waals surface area (Å²) in [6.45, 7) is 6.91. The monoisotopic (exact) mass is 254 g/mol. The van der Waals surface area contributed by atoms with Gasteiger partial charge in [-0.05, 0) is 24.7 Å². The third-order valence-electron chi connectivity index (χ3n) is 3.06. The molecule has 0 radical (unpaired) electrons. The van der Waals surface area contributed by atoms with Crippen molar-refractivity contribution >= 4 is 5.97 Å². The van der Waals surface area contributed by atoms with Gasteiger partial charge < -0.3 is 5.11 Å². The topological polar surface area (TPSA) is 37.3 Å². The van der Waals surface area contributed by atoms with Gasteiger partial charge in [-0.1, -0.05) is 65.4 Å². The van der Waals surface area contributed by atoms with Gasteiger partial charge in [0.05, 0.1) is 0 Å². The molecule has 0 aliphatic rings. The van der Waals surface area contributed by atoms with Gasteiger partial charge >= 0.3 is 5.97 Å². The number of rotatable bonds is 10. The van der Waals surface area contributed by atoms with E-state index in [-0.39, 0.29) is 0 Å². The highest BCUT2D eigenvalue weighted by Gasteiger charge is 2.08. The molecule has 0 rings (SSSR count). The summed E-state index contributed by atoms with van der Waals surface area (Å²) < 4.78 is 0. The van der Waals surface area contributed by atoms with Gasteiger partial charge in [-0.25, -0.2) is 4.79 Å². The standard InChI is InChI=1S/C16H30O2/c1-16(2,3)14-12-10-8-6-4-5-7-9-11-13-15(17)18/h11,13H,4-10,12,14H2,1-3H3,(H,17,18). The maximum atomic E-state index is 10.2. The van der Waals surface area contributed by atoms with Crippen LogP contribution in [0.4, 0.5) is 0 Å². The second-order valence-electron chi connectivity index (χ2n) is 6.31. The van der Waals surface area contributed by atoms with Crippen LogP contribution >= 0.6 is 0 Å². The molecule has 0 heterocycles. The molecule has 2 heteroatoms. The molecule has 1 N–H and O–H groups in total. The van der Waals surface area contributed by atoms with Gasteiger partial charge in [0.2, 0.25) is 0 Å². The maximum absolute atomic E-state index is 10.2. The fourth-order valence-corrected chi connectivity index (χ4v) is 1.99. The van der Waals surface area contributed by atoms with Crippen molar-refractivity contribution in [2.45, 2.75) is 78.6 Å². The van der Waals surface area contributed by atoms with E-state index in [1.807, 2.05) is 0 Å². The van der Waals surface area contributed by atoms with Crippen molar-refractivity contribution in [1.29, 1.82) is 0 Å². The van der Waals surface area contributed by atoms with Crippen molar-refractivity contribution in [3.05, 3.63) is 12.2 Å². The van der Waals surface area contributed by atoms with Crippen LogP contribution in [-0.4, -0.2) is 11.1 Å². The highest BCUT2D eigenvalue weighted by molar-refractivity contribution is 5.79. The van der Waals surface area contributed by atoms with E-state index in [0.29, 0.717) is 5.41 Å². The zero-order valence-electron chi connectivity index (χ0n) is 12.4. The summed E-state index contributed by atoms with van der Waals surface area (Å²) in [5.74, 6) is -0.839. The molecule has 0 amide bonds. The van der Waals surface area contributed by atoms with Crippen LogP contribution < -0.4 is 0 Å². The van der Waals surface area contributed by atoms with Gasteiger partial charge in [-0.2, -0.15) is 0 Å². The molecular formula is C16H30O2. The lowest BCUT2D eigenvalue weighted by molar-refractivity contribution is -0.131. The molecule has 0 aliphatic heterocycles. The number of carboxylic acids is 1. The van der Waals surface area contributed by atoms with Crippen molar-refractivity contribution in [2.75, 3.05) is 0 Å². The predicted octanol–water partition coefficient (Wildman–Crippen LogP) is 5.18. The van der Waals surface area contributed by atoms with E-state index in [4.69, 9.17) is 5.11 Å². The summed E-state index contributed by atoms with van der Waals surface area (Å²) in [5, 5.41) is 8.41. The van der Waals surface area contributed by atoms with Crippen LogP contribution in [0.1, 0.15) is 78.6 Å². The summed E-state index contributed by atoms with van der Waals surface area (Å²) in [6.07, 6.45) is 14.2. The van der Waals surface area contributed by atoms with Gasteiger partial charge in [0.15, 0.2) is 0 Å². The summed E-state index contributed by atoms with van der Waals surface area (Å²) in [5.41, 5.74) is 0.483. The quantitative estimate of drug-likeness (QED) is 0.430. The molecule has 0 unspecified atom stereocenters. The lowest BCUT2D eigenvalue weighted by atomic mass is 9.89. The molecule has 0 aromatic carbocycles. The minimum absolute atomic E-state index is 0.483. The molecule has 106 valence electrons. The molecule has 18 heavy (non-hydrogen) atoms. The SMILES string of the molecule is CC(C)(C)CCCCCCCCCC=CC(=O)O. The van der Waals surface area contributed by atoms with Crippen LogP contribution in [0.15, 0.2) is 12.2 Å². The first-order chi connectivity index (χ1) is 8.42. The van der Waals surface area contributed by atoms with Crippen LogP contribution in [0, 0.1) is 5.41 Å². The fraction of sp³-hybridized carbons (Fsp3) is 0.812. The molecule has 0 atom stereocenters. The van der Waals surface area contributed by atoms with Crippen molar-refractivity contribution < 1.29 is 9.90 Å². The molecular weight excluding hydrogens is 224 g/mol. The average molecular weight is 254 g/mol. The average Bonchev–Trinajstić information content (AvgIpc) is 2.24. The first-order valence-corrected chi connectivity index (χ1v) is 7.31. The molecule has 0 aliphatic carbocycles. The highest BCUT2D eigenvalue weighted by atomic mass is 16.4.